The summed E-state index contributed by atoms with van der Waals surface area (Å²) in [5, 5.41) is 2.07. The third-order valence-electron chi connectivity index (χ3n) is 2.18. The lowest BCUT2D eigenvalue weighted by molar-refractivity contribution is 0.895. The molecule has 0 amide bonds. The Bertz CT molecular complexity index is 476. The van der Waals surface area contributed by atoms with Gasteiger partial charge in [-0.1, -0.05) is 0 Å². The molecule has 0 aliphatic heterocycles. The van der Waals surface area contributed by atoms with Gasteiger partial charge in [0.2, 0.25) is 0 Å². The lowest BCUT2D eigenvalue weighted by atomic mass is 10.2. The van der Waals surface area contributed by atoms with Crippen molar-refractivity contribution in [2.75, 3.05) is 0 Å². The summed E-state index contributed by atoms with van der Waals surface area (Å²) < 4.78 is 0. The molecule has 0 aliphatic rings. The van der Waals surface area contributed by atoms with Crippen molar-refractivity contribution in [3.63, 3.8) is 0 Å². The van der Waals surface area contributed by atoms with Gasteiger partial charge in [-0.05, 0) is 36.9 Å². The van der Waals surface area contributed by atoms with Crippen LogP contribution >= 0.6 is 11.3 Å². The quantitative estimate of drug-likeness (QED) is 0.843. The average Bonchev–Trinajstić information content (AvgIpc) is 2.63. The SMILES string of the molecule is Cc1cc(-c2sccc2C)nc(CN)n1. The van der Waals surface area contributed by atoms with Gasteiger partial charge in [0.1, 0.15) is 5.82 Å². The van der Waals surface area contributed by atoms with E-state index in [2.05, 4.69) is 28.3 Å². The molecular weight excluding hydrogens is 206 g/mol. The maximum absolute atomic E-state index is 5.56. The predicted octanol–water partition coefficient (Wildman–Crippen LogP) is 2.28. The van der Waals surface area contributed by atoms with Crippen molar-refractivity contribution < 1.29 is 0 Å². The van der Waals surface area contributed by atoms with E-state index in [0.29, 0.717) is 12.4 Å². The maximum Gasteiger partial charge on any atom is 0.142 e. The minimum Gasteiger partial charge on any atom is -0.324 e. The summed E-state index contributed by atoms with van der Waals surface area (Å²) >= 11 is 1.70. The number of nitrogens with zero attached hydrogens (tertiary/aromatic N) is 2. The fraction of sp³-hybridized carbons (Fsp3) is 0.273. The zero-order valence-corrected chi connectivity index (χ0v) is 9.64. The molecule has 4 heteroatoms. The Hall–Kier alpha value is -1.26. The van der Waals surface area contributed by atoms with Crippen LogP contribution in [-0.2, 0) is 6.54 Å². The van der Waals surface area contributed by atoms with Gasteiger partial charge in [0.05, 0.1) is 17.1 Å². The maximum atomic E-state index is 5.56. The van der Waals surface area contributed by atoms with Crippen molar-refractivity contribution in [3.8, 4) is 10.6 Å². The summed E-state index contributed by atoms with van der Waals surface area (Å²) in [5.41, 5.74) is 8.76. The van der Waals surface area contributed by atoms with Crippen molar-refractivity contribution >= 4 is 11.3 Å². The van der Waals surface area contributed by atoms with E-state index in [4.69, 9.17) is 5.73 Å². The molecule has 0 saturated carbocycles. The van der Waals surface area contributed by atoms with Gasteiger partial charge in [0, 0.05) is 5.69 Å². The first-order valence-electron chi connectivity index (χ1n) is 4.80. The van der Waals surface area contributed by atoms with Crippen LogP contribution in [0.5, 0.6) is 0 Å². The summed E-state index contributed by atoms with van der Waals surface area (Å²) in [6.45, 7) is 4.44. The Kier molecular flexibility index (Phi) is 2.79. The lowest BCUT2D eigenvalue weighted by Crippen LogP contribution is -2.04. The highest BCUT2D eigenvalue weighted by Gasteiger charge is 2.07. The van der Waals surface area contributed by atoms with Crippen molar-refractivity contribution in [2.45, 2.75) is 20.4 Å². The molecule has 0 spiro atoms. The fourth-order valence-electron chi connectivity index (χ4n) is 1.47. The van der Waals surface area contributed by atoms with Gasteiger partial charge in [-0.25, -0.2) is 9.97 Å². The molecule has 0 radical (unpaired) electrons. The molecule has 0 atom stereocenters. The van der Waals surface area contributed by atoms with Crippen LogP contribution < -0.4 is 5.73 Å². The molecule has 0 saturated heterocycles. The van der Waals surface area contributed by atoms with Gasteiger partial charge in [0.25, 0.3) is 0 Å². The molecule has 2 heterocycles. The zero-order valence-electron chi connectivity index (χ0n) is 8.82. The molecule has 2 aromatic heterocycles. The molecule has 2 aromatic rings. The Morgan fingerprint density at radius 1 is 1.33 bits per heavy atom. The zero-order chi connectivity index (χ0) is 10.8. The first-order chi connectivity index (χ1) is 7.20. The fourth-order valence-corrected chi connectivity index (χ4v) is 2.36. The van der Waals surface area contributed by atoms with E-state index < -0.39 is 0 Å². The Balaban J connectivity index is 2.53. The topological polar surface area (TPSA) is 51.8 Å². The van der Waals surface area contributed by atoms with E-state index >= 15 is 0 Å². The Morgan fingerprint density at radius 2 is 2.13 bits per heavy atom. The monoisotopic (exact) mass is 219 g/mol. The van der Waals surface area contributed by atoms with Gasteiger partial charge in [-0.15, -0.1) is 11.3 Å². The van der Waals surface area contributed by atoms with E-state index in [1.165, 1.54) is 10.4 Å². The van der Waals surface area contributed by atoms with Gasteiger partial charge >= 0.3 is 0 Å². The first kappa shape index (κ1) is 10.3. The van der Waals surface area contributed by atoms with Crippen LogP contribution in [0.2, 0.25) is 0 Å². The van der Waals surface area contributed by atoms with Gasteiger partial charge in [-0.3, -0.25) is 0 Å². The number of rotatable bonds is 2. The number of aromatic nitrogens is 2. The van der Waals surface area contributed by atoms with Crippen LogP contribution in [-0.4, -0.2) is 9.97 Å². The van der Waals surface area contributed by atoms with E-state index in [-0.39, 0.29) is 0 Å². The predicted molar refractivity (Wildman–Crippen MR) is 62.7 cm³/mol. The summed E-state index contributed by atoms with van der Waals surface area (Å²) in [6, 6.07) is 4.09. The van der Waals surface area contributed by atoms with Crippen LogP contribution in [0.15, 0.2) is 17.5 Å². The van der Waals surface area contributed by atoms with Crippen LogP contribution in [0.3, 0.4) is 0 Å². The molecule has 0 bridgehead atoms. The van der Waals surface area contributed by atoms with Gasteiger partial charge in [0.15, 0.2) is 0 Å². The largest absolute Gasteiger partial charge is 0.324 e. The minimum atomic E-state index is 0.388. The van der Waals surface area contributed by atoms with Crippen LogP contribution in [0.4, 0.5) is 0 Å². The molecule has 15 heavy (non-hydrogen) atoms. The van der Waals surface area contributed by atoms with Crippen molar-refractivity contribution in [3.05, 3.63) is 34.6 Å². The molecule has 2 N–H and O–H groups in total. The third kappa shape index (κ3) is 2.06. The molecule has 0 unspecified atom stereocenters. The standard InChI is InChI=1S/C11H13N3S/c1-7-3-4-15-11(7)9-5-8(2)13-10(6-12)14-9/h3-5H,6,12H2,1-2H3. The summed E-state index contributed by atoms with van der Waals surface area (Å²) in [5.74, 6) is 0.706. The number of hydrogen-bond donors (Lipinski definition) is 1. The van der Waals surface area contributed by atoms with Crippen LogP contribution in [0.25, 0.3) is 10.6 Å². The number of aryl methyl sites for hydroxylation is 2. The van der Waals surface area contributed by atoms with Crippen molar-refractivity contribution in [1.82, 2.24) is 9.97 Å². The van der Waals surface area contributed by atoms with Gasteiger partial charge in [-0.2, -0.15) is 0 Å². The molecule has 0 aliphatic carbocycles. The summed E-state index contributed by atoms with van der Waals surface area (Å²) in [6.07, 6.45) is 0. The number of thiophene rings is 1. The molecule has 2 rings (SSSR count). The number of hydrogen-bond acceptors (Lipinski definition) is 4. The van der Waals surface area contributed by atoms with Gasteiger partial charge < -0.3 is 5.73 Å². The molecule has 3 nitrogen and oxygen atoms in total. The highest BCUT2D eigenvalue weighted by molar-refractivity contribution is 7.13. The third-order valence-corrected chi connectivity index (χ3v) is 3.22. The van der Waals surface area contributed by atoms with E-state index in [1.54, 1.807) is 11.3 Å². The first-order valence-corrected chi connectivity index (χ1v) is 5.68. The van der Waals surface area contributed by atoms with E-state index in [9.17, 15) is 0 Å². The highest BCUT2D eigenvalue weighted by atomic mass is 32.1. The molecular formula is C11H13N3S. The van der Waals surface area contributed by atoms with Crippen molar-refractivity contribution in [1.29, 1.82) is 0 Å². The van der Waals surface area contributed by atoms with E-state index in [1.807, 2.05) is 13.0 Å². The van der Waals surface area contributed by atoms with Crippen LogP contribution in [0.1, 0.15) is 17.1 Å². The Morgan fingerprint density at radius 3 is 2.73 bits per heavy atom. The second-order valence-corrected chi connectivity index (χ2v) is 4.36. The van der Waals surface area contributed by atoms with Crippen LogP contribution in [0, 0.1) is 13.8 Å². The second-order valence-electron chi connectivity index (χ2n) is 3.45. The molecule has 78 valence electrons. The lowest BCUT2D eigenvalue weighted by Gasteiger charge is -2.03. The molecule has 0 aromatic carbocycles. The second kappa shape index (κ2) is 4.08. The molecule has 0 fully saturated rings. The normalized spacial score (nSPS) is 10.6. The average molecular weight is 219 g/mol. The Labute approximate surface area is 93.0 Å². The highest BCUT2D eigenvalue weighted by Crippen LogP contribution is 2.27. The summed E-state index contributed by atoms with van der Waals surface area (Å²) in [7, 11) is 0. The summed E-state index contributed by atoms with van der Waals surface area (Å²) in [4.78, 5) is 9.89. The van der Waals surface area contributed by atoms with E-state index in [0.717, 1.165) is 11.4 Å². The smallest absolute Gasteiger partial charge is 0.142 e. The van der Waals surface area contributed by atoms with Crippen molar-refractivity contribution in [2.24, 2.45) is 5.73 Å². The number of nitrogens with two attached hydrogens (primary N) is 1. The minimum absolute atomic E-state index is 0.388.